The van der Waals surface area contributed by atoms with Crippen molar-refractivity contribution >= 4 is 0 Å². The molecule has 1 unspecified atom stereocenters. The van der Waals surface area contributed by atoms with Crippen LogP contribution in [0.15, 0.2) is 24.3 Å². The highest BCUT2D eigenvalue weighted by atomic mass is 15.2. The Balaban J connectivity index is 1.56. The van der Waals surface area contributed by atoms with Crippen molar-refractivity contribution in [1.29, 1.82) is 0 Å². The van der Waals surface area contributed by atoms with Gasteiger partial charge in [0.25, 0.3) is 0 Å². The number of benzene rings is 1. The summed E-state index contributed by atoms with van der Waals surface area (Å²) in [5.41, 5.74) is 3.08. The van der Waals surface area contributed by atoms with Crippen molar-refractivity contribution in [3.8, 4) is 0 Å². The van der Waals surface area contributed by atoms with Crippen molar-refractivity contribution in [1.82, 2.24) is 15.1 Å². The van der Waals surface area contributed by atoms with Gasteiger partial charge in [0, 0.05) is 39.3 Å². The summed E-state index contributed by atoms with van der Waals surface area (Å²) in [6.07, 6.45) is 1.29. The summed E-state index contributed by atoms with van der Waals surface area (Å²) >= 11 is 0. The average molecular weight is 259 g/mol. The number of hydrogen-bond acceptors (Lipinski definition) is 3. The standard InChI is InChI=1S/C16H25N3/c1-18-8-10-19(11-9-18)7-6-15-13-17-12-14-4-2-3-5-16(14)15/h2-5,15,17H,6-13H2,1H3. The zero-order valence-electron chi connectivity index (χ0n) is 11.9. The Bertz CT molecular complexity index is 410. The van der Waals surface area contributed by atoms with Crippen LogP contribution in [0, 0.1) is 0 Å². The van der Waals surface area contributed by atoms with Crippen LogP contribution in [0.25, 0.3) is 0 Å². The molecule has 104 valence electrons. The molecule has 0 saturated carbocycles. The Hall–Kier alpha value is -0.900. The quantitative estimate of drug-likeness (QED) is 0.888. The highest BCUT2D eigenvalue weighted by Crippen LogP contribution is 2.26. The predicted molar refractivity (Wildman–Crippen MR) is 79.4 cm³/mol. The molecule has 3 rings (SSSR count). The topological polar surface area (TPSA) is 18.5 Å². The molecule has 1 N–H and O–H groups in total. The normalized spacial score (nSPS) is 25.2. The van der Waals surface area contributed by atoms with Gasteiger partial charge in [0.05, 0.1) is 0 Å². The molecule has 1 aromatic rings. The van der Waals surface area contributed by atoms with Crippen molar-refractivity contribution in [2.24, 2.45) is 0 Å². The largest absolute Gasteiger partial charge is 0.312 e. The molecule has 2 heterocycles. The number of likely N-dealkylation sites (N-methyl/N-ethyl adjacent to an activating group) is 1. The molecule has 0 amide bonds. The van der Waals surface area contributed by atoms with Gasteiger partial charge in [0.1, 0.15) is 0 Å². The van der Waals surface area contributed by atoms with Gasteiger partial charge in [-0.15, -0.1) is 0 Å². The highest BCUT2D eigenvalue weighted by molar-refractivity contribution is 5.32. The van der Waals surface area contributed by atoms with Crippen molar-refractivity contribution in [2.75, 3.05) is 46.3 Å². The second kappa shape index (κ2) is 6.04. The molecule has 0 spiro atoms. The summed E-state index contributed by atoms with van der Waals surface area (Å²) in [5, 5.41) is 3.56. The first-order valence-electron chi connectivity index (χ1n) is 7.52. The van der Waals surface area contributed by atoms with Gasteiger partial charge >= 0.3 is 0 Å². The molecule has 0 aromatic heterocycles. The first kappa shape index (κ1) is 13.1. The van der Waals surface area contributed by atoms with E-state index < -0.39 is 0 Å². The number of piperazine rings is 1. The van der Waals surface area contributed by atoms with Crippen molar-refractivity contribution in [2.45, 2.75) is 18.9 Å². The van der Waals surface area contributed by atoms with Gasteiger partial charge in [-0.05, 0) is 37.1 Å². The zero-order chi connectivity index (χ0) is 13.1. The summed E-state index contributed by atoms with van der Waals surface area (Å²) in [5.74, 6) is 0.699. The maximum absolute atomic E-state index is 3.56. The fraction of sp³-hybridized carbons (Fsp3) is 0.625. The van der Waals surface area contributed by atoms with E-state index in [9.17, 15) is 0 Å². The van der Waals surface area contributed by atoms with E-state index in [4.69, 9.17) is 0 Å². The third-order valence-corrected chi connectivity index (χ3v) is 4.59. The minimum Gasteiger partial charge on any atom is -0.312 e. The molecule has 19 heavy (non-hydrogen) atoms. The summed E-state index contributed by atoms with van der Waals surface area (Å²) in [4.78, 5) is 5.05. The van der Waals surface area contributed by atoms with E-state index >= 15 is 0 Å². The second-order valence-corrected chi connectivity index (χ2v) is 5.96. The molecule has 3 nitrogen and oxygen atoms in total. The van der Waals surface area contributed by atoms with E-state index in [2.05, 4.69) is 46.4 Å². The van der Waals surface area contributed by atoms with E-state index in [1.54, 1.807) is 5.56 Å². The number of nitrogens with one attached hydrogen (secondary N) is 1. The molecule has 2 aliphatic heterocycles. The van der Waals surface area contributed by atoms with Gasteiger partial charge in [-0.1, -0.05) is 24.3 Å². The molecule has 1 aromatic carbocycles. The minimum atomic E-state index is 0.699. The van der Waals surface area contributed by atoms with Crippen LogP contribution >= 0.6 is 0 Å². The number of fused-ring (bicyclic) bond motifs is 1. The Morgan fingerprint density at radius 2 is 1.95 bits per heavy atom. The molecule has 1 saturated heterocycles. The molecular formula is C16H25N3. The molecule has 2 aliphatic rings. The minimum absolute atomic E-state index is 0.699. The van der Waals surface area contributed by atoms with Gasteiger partial charge in [0.2, 0.25) is 0 Å². The van der Waals surface area contributed by atoms with Crippen molar-refractivity contribution in [3.05, 3.63) is 35.4 Å². The molecule has 0 radical (unpaired) electrons. The third kappa shape index (κ3) is 3.16. The first-order valence-corrected chi connectivity index (χ1v) is 7.52. The monoisotopic (exact) mass is 259 g/mol. The Morgan fingerprint density at radius 1 is 1.16 bits per heavy atom. The number of nitrogens with zero attached hydrogens (tertiary/aromatic N) is 2. The van der Waals surface area contributed by atoms with Crippen LogP contribution in [0.4, 0.5) is 0 Å². The van der Waals surface area contributed by atoms with Crippen LogP contribution in [0.5, 0.6) is 0 Å². The Labute approximate surface area is 116 Å². The molecule has 3 heteroatoms. The van der Waals surface area contributed by atoms with Crippen molar-refractivity contribution < 1.29 is 0 Å². The fourth-order valence-electron chi connectivity index (χ4n) is 3.25. The van der Waals surface area contributed by atoms with E-state index in [1.165, 1.54) is 44.7 Å². The van der Waals surface area contributed by atoms with Crippen LogP contribution in [-0.2, 0) is 6.54 Å². The second-order valence-electron chi connectivity index (χ2n) is 5.96. The van der Waals surface area contributed by atoms with Gasteiger partial charge < -0.3 is 15.1 Å². The molecule has 0 bridgehead atoms. The van der Waals surface area contributed by atoms with Gasteiger partial charge in [0.15, 0.2) is 0 Å². The molecule has 1 atom stereocenters. The maximum Gasteiger partial charge on any atom is 0.0208 e. The Kier molecular flexibility index (Phi) is 4.16. The summed E-state index contributed by atoms with van der Waals surface area (Å²) in [6, 6.07) is 8.94. The Morgan fingerprint density at radius 3 is 2.79 bits per heavy atom. The van der Waals surface area contributed by atoms with Crippen LogP contribution in [0.2, 0.25) is 0 Å². The summed E-state index contributed by atoms with van der Waals surface area (Å²) in [7, 11) is 2.22. The lowest BCUT2D eigenvalue weighted by molar-refractivity contribution is 0.150. The van der Waals surface area contributed by atoms with Crippen LogP contribution < -0.4 is 5.32 Å². The maximum atomic E-state index is 3.56. The van der Waals surface area contributed by atoms with Crippen LogP contribution in [-0.4, -0.2) is 56.1 Å². The van der Waals surface area contributed by atoms with E-state index in [0.29, 0.717) is 5.92 Å². The van der Waals surface area contributed by atoms with Gasteiger partial charge in [-0.2, -0.15) is 0 Å². The summed E-state index contributed by atoms with van der Waals surface area (Å²) in [6.45, 7) is 8.34. The zero-order valence-corrected chi connectivity index (χ0v) is 11.9. The smallest absolute Gasteiger partial charge is 0.0208 e. The number of rotatable bonds is 3. The van der Waals surface area contributed by atoms with Crippen LogP contribution in [0.3, 0.4) is 0 Å². The van der Waals surface area contributed by atoms with Crippen molar-refractivity contribution in [3.63, 3.8) is 0 Å². The highest BCUT2D eigenvalue weighted by Gasteiger charge is 2.21. The third-order valence-electron chi connectivity index (χ3n) is 4.59. The average Bonchev–Trinajstić information content (AvgIpc) is 2.47. The molecule has 1 fully saturated rings. The fourth-order valence-corrected chi connectivity index (χ4v) is 3.25. The lowest BCUT2D eigenvalue weighted by atomic mass is 9.88. The van der Waals surface area contributed by atoms with E-state index in [1.807, 2.05) is 0 Å². The van der Waals surface area contributed by atoms with Gasteiger partial charge in [-0.25, -0.2) is 0 Å². The van der Waals surface area contributed by atoms with Crippen LogP contribution in [0.1, 0.15) is 23.5 Å². The first-order chi connectivity index (χ1) is 9.33. The molecule has 0 aliphatic carbocycles. The van der Waals surface area contributed by atoms with Gasteiger partial charge in [-0.3, -0.25) is 0 Å². The lowest BCUT2D eigenvalue weighted by Crippen LogP contribution is -2.45. The van der Waals surface area contributed by atoms with E-state index in [0.717, 1.165) is 13.1 Å². The number of hydrogen-bond donors (Lipinski definition) is 1. The SMILES string of the molecule is CN1CCN(CCC2CNCc3ccccc32)CC1. The lowest BCUT2D eigenvalue weighted by Gasteiger charge is -2.34. The van der Waals surface area contributed by atoms with E-state index in [-0.39, 0.29) is 0 Å². The molecular weight excluding hydrogens is 234 g/mol. The summed E-state index contributed by atoms with van der Waals surface area (Å²) < 4.78 is 0. The predicted octanol–water partition coefficient (Wildman–Crippen LogP) is 1.51.